The molecule has 1 amide bonds. The van der Waals surface area contributed by atoms with Crippen LogP contribution in [-0.4, -0.2) is 35.5 Å². The normalized spacial score (nSPS) is 20.4. The summed E-state index contributed by atoms with van der Waals surface area (Å²) >= 11 is 0. The number of likely N-dealkylation sites (tertiary alicyclic amines) is 1. The van der Waals surface area contributed by atoms with E-state index in [0.29, 0.717) is 19.5 Å². The lowest BCUT2D eigenvalue weighted by molar-refractivity contribution is -0.116. The van der Waals surface area contributed by atoms with Crippen molar-refractivity contribution < 1.29 is 14.3 Å². The van der Waals surface area contributed by atoms with Crippen LogP contribution in [0.15, 0.2) is 0 Å². The van der Waals surface area contributed by atoms with Crippen LogP contribution in [0.25, 0.3) is 0 Å². The smallest absolute Gasteiger partial charge is 0.410 e. The molecule has 1 aliphatic rings. The summed E-state index contributed by atoms with van der Waals surface area (Å²) < 4.78 is 5.21. The predicted octanol–water partition coefficient (Wildman–Crippen LogP) is 1.45. The molecule has 0 aromatic heterocycles. The molecule has 0 aromatic carbocycles. The Bertz CT molecular complexity index is 335. The Morgan fingerprint density at radius 2 is 2.06 bits per heavy atom. The zero-order valence-electron chi connectivity index (χ0n) is 9.95. The van der Waals surface area contributed by atoms with Crippen molar-refractivity contribution in [2.24, 2.45) is 5.92 Å². The van der Waals surface area contributed by atoms with Crippen molar-refractivity contribution in [1.82, 2.24) is 4.90 Å². The summed E-state index contributed by atoms with van der Waals surface area (Å²) in [6.45, 7) is 6.34. The molecule has 88 valence electrons. The van der Waals surface area contributed by atoms with E-state index in [2.05, 4.69) is 5.92 Å². The summed E-state index contributed by atoms with van der Waals surface area (Å²) in [7, 11) is 0. The maximum atomic E-state index is 11.7. The molecule has 16 heavy (non-hydrogen) atoms. The molecule has 0 N–H and O–H groups in total. The Balaban J connectivity index is 2.51. The highest BCUT2D eigenvalue weighted by Gasteiger charge is 2.32. The fourth-order valence-electron chi connectivity index (χ4n) is 1.58. The summed E-state index contributed by atoms with van der Waals surface area (Å²) in [5.74, 6) is 1.64. The van der Waals surface area contributed by atoms with Crippen LogP contribution in [0.4, 0.5) is 4.79 Å². The quantitative estimate of drug-likeness (QED) is 0.499. The summed E-state index contributed by atoms with van der Waals surface area (Å²) in [6, 6.07) is 0. The number of nitrogens with zero attached hydrogens (tertiary/aromatic N) is 1. The van der Waals surface area contributed by atoms with E-state index in [1.807, 2.05) is 20.8 Å². The minimum Gasteiger partial charge on any atom is -0.444 e. The first-order chi connectivity index (χ1) is 7.33. The lowest BCUT2D eigenvalue weighted by atomic mass is 10.0. The van der Waals surface area contributed by atoms with Gasteiger partial charge in [0, 0.05) is 19.0 Å². The highest BCUT2D eigenvalue weighted by molar-refractivity contribution is 5.97. The molecule has 0 bridgehead atoms. The van der Waals surface area contributed by atoms with Crippen LogP contribution in [0.5, 0.6) is 0 Å². The summed E-state index contributed by atoms with van der Waals surface area (Å²) in [4.78, 5) is 24.4. The second kappa shape index (κ2) is 4.56. The minimum absolute atomic E-state index is 0.225. The predicted molar refractivity (Wildman–Crippen MR) is 59.8 cm³/mol. The van der Waals surface area contributed by atoms with Gasteiger partial charge in [-0.3, -0.25) is 4.79 Å². The average molecular weight is 223 g/mol. The van der Waals surface area contributed by atoms with Gasteiger partial charge in [-0.05, 0) is 33.1 Å². The molecule has 0 saturated carbocycles. The van der Waals surface area contributed by atoms with Gasteiger partial charge in [-0.2, -0.15) is 0 Å². The first kappa shape index (κ1) is 12.6. The number of amides is 1. The van der Waals surface area contributed by atoms with E-state index in [1.165, 1.54) is 4.90 Å². The lowest BCUT2D eigenvalue weighted by Gasteiger charge is -2.24. The van der Waals surface area contributed by atoms with Crippen molar-refractivity contribution in [1.29, 1.82) is 0 Å². The molecule has 1 atom stereocenters. The molecular formula is C12H17NO3. The van der Waals surface area contributed by atoms with Crippen LogP contribution in [0, 0.1) is 18.3 Å². The largest absolute Gasteiger partial charge is 0.444 e. The molecule has 1 rings (SSSR count). The number of ether oxygens (including phenoxy) is 1. The lowest BCUT2D eigenvalue weighted by Crippen LogP contribution is -2.35. The van der Waals surface area contributed by atoms with Crippen molar-refractivity contribution in [3.05, 3.63) is 0 Å². The van der Waals surface area contributed by atoms with Crippen molar-refractivity contribution in [3.8, 4) is 12.3 Å². The molecule has 1 fully saturated rings. The first-order valence-electron chi connectivity index (χ1n) is 5.32. The third-order valence-corrected chi connectivity index (χ3v) is 2.35. The molecular weight excluding hydrogens is 206 g/mol. The van der Waals surface area contributed by atoms with E-state index < -0.39 is 5.60 Å². The van der Waals surface area contributed by atoms with Gasteiger partial charge in [-0.15, -0.1) is 6.42 Å². The molecule has 1 saturated heterocycles. The Morgan fingerprint density at radius 3 is 2.56 bits per heavy atom. The number of carbonyl (C=O) groups excluding carboxylic acids is 2. The van der Waals surface area contributed by atoms with Crippen LogP contribution >= 0.6 is 0 Å². The topological polar surface area (TPSA) is 46.6 Å². The molecule has 4 nitrogen and oxygen atoms in total. The number of rotatable bonds is 1. The van der Waals surface area contributed by atoms with Gasteiger partial charge < -0.3 is 9.64 Å². The molecule has 4 heteroatoms. The second-order valence-electron chi connectivity index (χ2n) is 4.92. The molecule has 1 heterocycles. The van der Waals surface area contributed by atoms with Crippen LogP contribution in [0.2, 0.25) is 0 Å². The second-order valence-corrected chi connectivity index (χ2v) is 4.92. The highest BCUT2D eigenvalue weighted by Crippen LogP contribution is 2.19. The third kappa shape index (κ3) is 3.27. The van der Waals surface area contributed by atoms with E-state index >= 15 is 0 Å². The molecule has 0 aromatic rings. The SMILES string of the molecule is C#CC(=O)[C@@H]1CCN(C(=O)OC(C)(C)C)C1. The van der Waals surface area contributed by atoms with Crippen molar-refractivity contribution in [3.63, 3.8) is 0 Å². The number of hydrogen-bond donors (Lipinski definition) is 0. The van der Waals surface area contributed by atoms with Gasteiger partial charge in [-0.25, -0.2) is 4.79 Å². The van der Waals surface area contributed by atoms with E-state index in [1.54, 1.807) is 0 Å². The molecule has 0 unspecified atom stereocenters. The zero-order valence-corrected chi connectivity index (χ0v) is 9.95. The molecule has 0 spiro atoms. The standard InChI is InChI=1S/C12H17NO3/c1-5-10(14)9-6-7-13(8-9)11(15)16-12(2,3)4/h1,9H,6-8H2,2-4H3/t9-/m1/s1. The van der Waals surface area contributed by atoms with Crippen LogP contribution < -0.4 is 0 Å². The van der Waals surface area contributed by atoms with E-state index in [9.17, 15) is 9.59 Å². The molecule has 0 radical (unpaired) electrons. The third-order valence-electron chi connectivity index (χ3n) is 2.35. The van der Waals surface area contributed by atoms with E-state index in [0.717, 1.165) is 0 Å². The monoisotopic (exact) mass is 223 g/mol. The average Bonchev–Trinajstić information content (AvgIpc) is 2.62. The van der Waals surface area contributed by atoms with Crippen molar-refractivity contribution in [2.75, 3.05) is 13.1 Å². The fourth-order valence-corrected chi connectivity index (χ4v) is 1.58. The number of ketones is 1. The maximum absolute atomic E-state index is 11.7. The van der Waals surface area contributed by atoms with Gasteiger partial charge in [0.15, 0.2) is 0 Å². The van der Waals surface area contributed by atoms with E-state index in [4.69, 9.17) is 11.2 Å². The van der Waals surface area contributed by atoms with Crippen LogP contribution in [0.1, 0.15) is 27.2 Å². The Hall–Kier alpha value is -1.50. The first-order valence-corrected chi connectivity index (χ1v) is 5.32. The Labute approximate surface area is 95.9 Å². The maximum Gasteiger partial charge on any atom is 0.410 e. The molecule has 1 aliphatic heterocycles. The van der Waals surface area contributed by atoms with Gasteiger partial charge >= 0.3 is 6.09 Å². The number of hydrogen-bond acceptors (Lipinski definition) is 3. The van der Waals surface area contributed by atoms with Gasteiger partial charge in [0.2, 0.25) is 5.78 Å². The van der Waals surface area contributed by atoms with Gasteiger partial charge in [0.05, 0.1) is 0 Å². The van der Waals surface area contributed by atoms with Gasteiger partial charge in [0.1, 0.15) is 5.60 Å². The molecule has 0 aliphatic carbocycles. The Morgan fingerprint density at radius 1 is 1.44 bits per heavy atom. The van der Waals surface area contributed by atoms with E-state index in [-0.39, 0.29) is 17.8 Å². The zero-order chi connectivity index (χ0) is 12.3. The summed E-state index contributed by atoms with van der Waals surface area (Å²) in [6.07, 6.45) is 5.29. The van der Waals surface area contributed by atoms with Gasteiger partial charge in [-0.1, -0.05) is 0 Å². The Kier molecular flexibility index (Phi) is 3.58. The summed E-state index contributed by atoms with van der Waals surface area (Å²) in [5, 5.41) is 0. The number of Topliss-reactive ketones (excluding diaryl/α,β-unsaturated/α-hetero) is 1. The minimum atomic E-state index is -0.509. The summed E-state index contributed by atoms with van der Waals surface area (Å²) in [5.41, 5.74) is -0.509. The number of carbonyl (C=O) groups is 2. The van der Waals surface area contributed by atoms with Gasteiger partial charge in [0.25, 0.3) is 0 Å². The highest BCUT2D eigenvalue weighted by atomic mass is 16.6. The number of terminal acetylenes is 1. The van der Waals surface area contributed by atoms with Crippen LogP contribution in [-0.2, 0) is 9.53 Å². The van der Waals surface area contributed by atoms with Crippen molar-refractivity contribution in [2.45, 2.75) is 32.8 Å². The fraction of sp³-hybridized carbons (Fsp3) is 0.667. The van der Waals surface area contributed by atoms with Crippen molar-refractivity contribution >= 4 is 11.9 Å². The van der Waals surface area contributed by atoms with Crippen LogP contribution in [0.3, 0.4) is 0 Å².